The molecule has 3 nitrogen and oxygen atoms in total. The van der Waals surface area contributed by atoms with Gasteiger partial charge in [-0.25, -0.2) is 0 Å². The van der Waals surface area contributed by atoms with Crippen LogP contribution in [0.15, 0.2) is 58.6 Å². The molecule has 0 spiro atoms. The van der Waals surface area contributed by atoms with Crippen molar-refractivity contribution in [3.8, 4) is 29.1 Å². The van der Waals surface area contributed by atoms with Gasteiger partial charge in [0.05, 0.1) is 18.7 Å². The first-order chi connectivity index (χ1) is 11.6. The molecular formula is C20H19BrO3. The Morgan fingerprint density at radius 3 is 2.38 bits per heavy atom. The highest BCUT2D eigenvalue weighted by Gasteiger charge is 2.00. The van der Waals surface area contributed by atoms with Gasteiger partial charge >= 0.3 is 0 Å². The molecule has 124 valence electrons. The molecule has 0 aliphatic rings. The van der Waals surface area contributed by atoms with Crippen LogP contribution in [0.4, 0.5) is 0 Å². The first-order valence-electron chi connectivity index (χ1n) is 7.41. The van der Waals surface area contributed by atoms with Crippen LogP contribution in [0.5, 0.6) is 17.2 Å². The van der Waals surface area contributed by atoms with Crippen molar-refractivity contribution in [2.75, 3.05) is 20.8 Å². The number of hydrogen-bond donors (Lipinski definition) is 0. The number of rotatable bonds is 5. The van der Waals surface area contributed by atoms with Crippen LogP contribution >= 0.6 is 15.9 Å². The second kappa shape index (κ2) is 9.05. The van der Waals surface area contributed by atoms with Gasteiger partial charge in [-0.05, 0) is 58.8 Å². The molecule has 0 amide bonds. The Morgan fingerprint density at radius 2 is 1.75 bits per heavy atom. The molecule has 2 aromatic carbocycles. The summed E-state index contributed by atoms with van der Waals surface area (Å²) >= 11 is 3.45. The highest BCUT2D eigenvalue weighted by molar-refractivity contribution is 9.10. The van der Waals surface area contributed by atoms with Crippen molar-refractivity contribution in [3.05, 3.63) is 64.1 Å². The topological polar surface area (TPSA) is 27.7 Å². The molecule has 0 radical (unpaired) electrons. The van der Waals surface area contributed by atoms with Crippen molar-refractivity contribution in [3.63, 3.8) is 0 Å². The number of para-hydroxylation sites is 1. The molecule has 0 aliphatic carbocycles. The summed E-state index contributed by atoms with van der Waals surface area (Å²) in [6.45, 7) is 2.42. The summed E-state index contributed by atoms with van der Waals surface area (Å²) in [6.07, 6.45) is 1.95. The highest BCUT2D eigenvalue weighted by atomic mass is 79.9. The third kappa shape index (κ3) is 5.36. The Labute approximate surface area is 151 Å². The minimum absolute atomic E-state index is 0.463. The van der Waals surface area contributed by atoms with E-state index in [0.29, 0.717) is 6.61 Å². The van der Waals surface area contributed by atoms with E-state index in [1.807, 2.05) is 55.5 Å². The molecule has 0 bridgehead atoms. The predicted octanol–water partition coefficient (Wildman–Crippen LogP) is 4.84. The Bertz CT molecular complexity index is 763. The number of methoxy groups -OCH3 is 2. The lowest BCUT2D eigenvalue weighted by atomic mass is 10.2. The number of benzene rings is 2. The molecule has 0 saturated carbocycles. The lowest BCUT2D eigenvalue weighted by molar-refractivity contribution is 0.360. The second-order valence-electron chi connectivity index (χ2n) is 4.98. The third-order valence-corrected chi connectivity index (χ3v) is 3.88. The van der Waals surface area contributed by atoms with Crippen LogP contribution in [0.3, 0.4) is 0 Å². The van der Waals surface area contributed by atoms with Gasteiger partial charge in [-0.15, -0.1) is 0 Å². The molecule has 0 aliphatic heterocycles. The first kappa shape index (κ1) is 18.0. The fraction of sp³-hybridized carbons (Fsp3) is 0.200. The maximum absolute atomic E-state index is 5.70. The maximum atomic E-state index is 5.70. The van der Waals surface area contributed by atoms with Gasteiger partial charge in [-0.2, -0.15) is 0 Å². The van der Waals surface area contributed by atoms with E-state index in [1.54, 1.807) is 14.2 Å². The Balaban J connectivity index is 2.03. The van der Waals surface area contributed by atoms with Gasteiger partial charge in [0.1, 0.15) is 23.9 Å². The van der Waals surface area contributed by atoms with E-state index in [1.165, 1.54) is 0 Å². The van der Waals surface area contributed by atoms with Crippen molar-refractivity contribution in [1.29, 1.82) is 0 Å². The zero-order chi connectivity index (χ0) is 17.4. The largest absolute Gasteiger partial charge is 0.497 e. The number of hydrogen-bond acceptors (Lipinski definition) is 3. The van der Waals surface area contributed by atoms with Crippen molar-refractivity contribution in [2.24, 2.45) is 0 Å². The molecule has 2 aromatic rings. The van der Waals surface area contributed by atoms with E-state index < -0.39 is 0 Å². The summed E-state index contributed by atoms with van der Waals surface area (Å²) in [7, 11) is 3.24. The van der Waals surface area contributed by atoms with Gasteiger partial charge in [0.25, 0.3) is 0 Å². The van der Waals surface area contributed by atoms with Gasteiger partial charge in [-0.3, -0.25) is 0 Å². The number of ether oxygens (including phenoxy) is 3. The molecular weight excluding hydrogens is 368 g/mol. The quantitative estimate of drug-likeness (QED) is 0.687. The second-order valence-corrected chi connectivity index (χ2v) is 5.83. The zero-order valence-corrected chi connectivity index (χ0v) is 15.5. The fourth-order valence-electron chi connectivity index (χ4n) is 1.92. The van der Waals surface area contributed by atoms with Crippen LogP contribution < -0.4 is 14.2 Å². The van der Waals surface area contributed by atoms with E-state index in [9.17, 15) is 0 Å². The SMILES string of the molecule is COc1cc(C#CC(C)=CCOc2ccccc2Br)cc(OC)c1. The molecule has 2 rings (SSSR count). The van der Waals surface area contributed by atoms with Crippen LogP contribution in [-0.4, -0.2) is 20.8 Å². The molecule has 0 unspecified atom stereocenters. The van der Waals surface area contributed by atoms with Crippen molar-refractivity contribution >= 4 is 15.9 Å². The smallest absolute Gasteiger partial charge is 0.133 e. The summed E-state index contributed by atoms with van der Waals surface area (Å²) in [4.78, 5) is 0. The van der Waals surface area contributed by atoms with Crippen molar-refractivity contribution in [2.45, 2.75) is 6.92 Å². The molecule has 0 saturated heterocycles. The van der Waals surface area contributed by atoms with Gasteiger partial charge in [0, 0.05) is 11.6 Å². The van der Waals surface area contributed by atoms with Gasteiger partial charge in [0.15, 0.2) is 0 Å². The number of halogens is 1. The minimum Gasteiger partial charge on any atom is -0.497 e. The predicted molar refractivity (Wildman–Crippen MR) is 99.8 cm³/mol. The normalized spacial score (nSPS) is 10.6. The zero-order valence-electron chi connectivity index (χ0n) is 13.9. The molecule has 24 heavy (non-hydrogen) atoms. The van der Waals surface area contributed by atoms with Crippen LogP contribution in [0.2, 0.25) is 0 Å². The van der Waals surface area contributed by atoms with Crippen LogP contribution in [0.25, 0.3) is 0 Å². The van der Waals surface area contributed by atoms with E-state index in [2.05, 4.69) is 27.8 Å². The van der Waals surface area contributed by atoms with E-state index >= 15 is 0 Å². The van der Waals surface area contributed by atoms with Gasteiger partial charge < -0.3 is 14.2 Å². The average Bonchev–Trinajstić information content (AvgIpc) is 2.61. The lowest BCUT2D eigenvalue weighted by Gasteiger charge is -2.05. The minimum atomic E-state index is 0.463. The standard InChI is InChI=1S/C20H19BrO3/c1-15(10-11-24-20-7-5-4-6-19(20)21)8-9-16-12-17(22-2)14-18(13-16)23-3/h4-7,10,12-14H,11H2,1-3H3. The molecule has 4 heteroatoms. The average molecular weight is 387 g/mol. The summed E-state index contributed by atoms with van der Waals surface area (Å²) in [5.74, 6) is 8.47. The number of allylic oxidation sites excluding steroid dienone is 1. The van der Waals surface area contributed by atoms with Crippen molar-refractivity contribution in [1.82, 2.24) is 0 Å². The lowest BCUT2D eigenvalue weighted by Crippen LogP contribution is -1.94. The Hall–Kier alpha value is -2.38. The molecule has 0 fully saturated rings. The van der Waals surface area contributed by atoms with Crippen LogP contribution in [0, 0.1) is 11.8 Å². The summed E-state index contributed by atoms with van der Waals surface area (Å²) < 4.78 is 17.1. The van der Waals surface area contributed by atoms with Crippen LogP contribution in [0.1, 0.15) is 12.5 Å². The van der Waals surface area contributed by atoms with Crippen LogP contribution in [-0.2, 0) is 0 Å². The summed E-state index contributed by atoms with van der Waals surface area (Å²) in [6, 6.07) is 13.3. The molecule has 0 atom stereocenters. The molecule has 0 heterocycles. The van der Waals surface area contributed by atoms with E-state index in [0.717, 1.165) is 32.9 Å². The Kier molecular flexibility index (Phi) is 6.77. The van der Waals surface area contributed by atoms with E-state index in [-0.39, 0.29) is 0 Å². The third-order valence-electron chi connectivity index (χ3n) is 3.22. The summed E-state index contributed by atoms with van der Waals surface area (Å²) in [5.41, 5.74) is 1.77. The first-order valence-corrected chi connectivity index (χ1v) is 8.21. The maximum Gasteiger partial charge on any atom is 0.133 e. The molecule has 0 aromatic heterocycles. The molecule has 0 N–H and O–H groups in total. The highest BCUT2D eigenvalue weighted by Crippen LogP contribution is 2.24. The summed E-state index contributed by atoms with van der Waals surface area (Å²) in [5, 5.41) is 0. The monoisotopic (exact) mass is 386 g/mol. The fourth-order valence-corrected chi connectivity index (χ4v) is 2.32. The van der Waals surface area contributed by atoms with Crippen molar-refractivity contribution < 1.29 is 14.2 Å². The van der Waals surface area contributed by atoms with Gasteiger partial charge in [-0.1, -0.05) is 24.0 Å². The Morgan fingerprint density at radius 1 is 1.08 bits per heavy atom. The van der Waals surface area contributed by atoms with E-state index in [4.69, 9.17) is 14.2 Å². The van der Waals surface area contributed by atoms with Gasteiger partial charge in [0.2, 0.25) is 0 Å².